The van der Waals surface area contributed by atoms with Crippen molar-refractivity contribution in [2.24, 2.45) is 0 Å². The molecule has 0 fully saturated rings. The molecule has 0 aliphatic rings. The molecule has 0 radical (unpaired) electrons. The monoisotopic (exact) mass is 379 g/mol. The number of nitrogens with two attached hydrogens (primary N) is 1. The van der Waals surface area contributed by atoms with Crippen LogP contribution in [0.4, 0.5) is 18.9 Å². The van der Waals surface area contributed by atoms with Crippen LogP contribution >= 0.6 is 22.9 Å². The van der Waals surface area contributed by atoms with Crippen molar-refractivity contribution < 1.29 is 22.7 Å². The van der Waals surface area contributed by atoms with E-state index in [0.29, 0.717) is 0 Å². The molecule has 1 heterocycles. The summed E-state index contributed by atoms with van der Waals surface area (Å²) in [4.78, 5) is 15.6. The first-order valence-electron chi connectivity index (χ1n) is 6.65. The molecule has 0 aliphatic carbocycles. The summed E-state index contributed by atoms with van der Waals surface area (Å²) in [6, 6.07) is 2.80. The summed E-state index contributed by atoms with van der Waals surface area (Å²) in [6.45, 7) is 0.120. The molecule has 3 N–H and O–H groups in total. The minimum absolute atomic E-state index is 0.120. The number of ether oxygens (including phenoxy) is 1. The molecule has 0 aliphatic heterocycles. The van der Waals surface area contributed by atoms with Gasteiger partial charge >= 0.3 is 6.18 Å². The minimum Gasteiger partial charge on any atom is -0.496 e. The van der Waals surface area contributed by atoms with Gasteiger partial charge in [-0.1, -0.05) is 11.6 Å². The number of halogens is 4. The second-order valence-corrected chi connectivity index (χ2v) is 6.05. The van der Waals surface area contributed by atoms with Gasteiger partial charge in [0.15, 0.2) is 5.69 Å². The third-order valence-electron chi connectivity index (χ3n) is 3.03. The summed E-state index contributed by atoms with van der Waals surface area (Å²) in [6.07, 6.45) is -4.29. The van der Waals surface area contributed by atoms with Crippen molar-refractivity contribution in [2.75, 3.05) is 19.4 Å². The number of anilines is 1. The van der Waals surface area contributed by atoms with Gasteiger partial charge < -0.3 is 15.8 Å². The fraction of sp³-hybridized carbons (Fsp3) is 0.286. The van der Waals surface area contributed by atoms with Gasteiger partial charge in [0.25, 0.3) is 5.91 Å². The molecular formula is C14H13ClF3N3O2S. The number of hydrogen-bond acceptors (Lipinski definition) is 5. The molecular weight excluding hydrogens is 367 g/mol. The van der Waals surface area contributed by atoms with Gasteiger partial charge in [-0.15, -0.1) is 11.3 Å². The van der Waals surface area contributed by atoms with Crippen molar-refractivity contribution in [3.05, 3.63) is 38.8 Å². The first-order chi connectivity index (χ1) is 11.2. The van der Waals surface area contributed by atoms with E-state index >= 15 is 0 Å². The third-order valence-corrected chi connectivity index (χ3v) is 4.27. The van der Waals surface area contributed by atoms with Crippen molar-refractivity contribution in [1.29, 1.82) is 0 Å². The zero-order valence-electron chi connectivity index (χ0n) is 12.4. The highest BCUT2D eigenvalue weighted by Crippen LogP contribution is 2.30. The van der Waals surface area contributed by atoms with Crippen LogP contribution < -0.4 is 15.8 Å². The van der Waals surface area contributed by atoms with Crippen molar-refractivity contribution in [3.63, 3.8) is 0 Å². The van der Waals surface area contributed by atoms with E-state index in [9.17, 15) is 18.0 Å². The Morgan fingerprint density at radius 1 is 1.46 bits per heavy atom. The number of nitrogens with zero attached hydrogens (tertiary/aromatic N) is 1. The summed E-state index contributed by atoms with van der Waals surface area (Å²) in [5, 5.41) is 4.01. The third kappa shape index (κ3) is 4.30. The largest absolute Gasteiger partial charge is 0.496 e. The first kappa shape index (κ1) is 18.3. The topological polar surface area (TPSA) is 77.2 Å². The minimum atomic E-state index is -4.47. The Morgan fingerprint density at radius 3 is 2.75 bits per heavy atom. The van der Waals surface area contributed by atoms with Crippen LogP contribution in [0.15, 0.2) is 17.5 Å². The number of carbonyl (C=O) groups excluding carboxylic acids is 1. The lowest BCUT2D eigenvalue weighted by Crippen LogP contribution is -2.26. The molecule has 130 valence electrons. The summed E-state index contributed by atoms with van der Waals surface area (Å²) in [5.74, 6) is -0.218. The molecule has 2 aromatic rings. The maximum Gasteiger partial charge on any atom is 0.434 e. The maximum absolute atomic E-state index is 12.5. The normalized spacial score (nSPS) is 11.4. The highest BCUT2D eigenvalue weighted by atomic mass is 35.5. The van der Waals surface area contributed by atoms with Crippen LogP contribution in [0.1, 0.15) is 21.1 Å². The van der Waals surface area contributed by atoms with Gasteiger partial charge in [-0.3, -0.25) is 4.79 Å². The Kier molecular flexibility index (Phi) is 5.55. The van der Waals surface area contributed by atoms with Crippen LogP contribution in [0.5, 0.6) is 5.75 Å². The molecule has 0 spiro atoms. The lowest BCUT2D eigenvalue weighted by molar-refractivity contribution is -0.140. The number of alkyl halides is 3. The van der Waals surface area contributed by atoms with Crippen molar-refractivity contribution >= 4 is 34.5 Å². The average Bonchev–Trinajstić information content (AvgIpc) is 2.98. The summed E-state index contributed by atoms with van der Waals surface area (Å²) in [5.41, 5.74) is 5.16. The average molecular weight is 380 g/mol. The molecule has 0 saturated heterocycles. The van der Waals surface area contributed by atoms with E-state index in [1.165, 1.54) is 19.2 Å². The quantitative estimate of drug-likeness (QED) is 0.781. The van der Waals surface area contributed by atoms with E-state index in [2.05, 4.69) is 10.3 Å². The summed E-state index contributed by atoms with van der Waals surface area (Å²) >= 11 is 6.78. The summed E-state index contributed by atoms with van der Waals surface area (Å²) in [7, 11) is 1.38. The molecule has 5 nitrogen and oxygen atoms in total. The number of thiazole rings is 1. The van der Waals surface area contributed by atoms with Crippen LogP contribution in [-0.2, 0) is 12.6 Å². The molecule has 0 atom stereocenters. The van der Waals surface area contributed by atoms with Gasteiger partial charge in [-0.25, -0.2) is 4.98 Å². The van der Waals surface area contributed by atoms with Crippen LogP contribution in [-0.4, -0.2) is 24.5 Å². The van der Waals surface area contributed by atoms with Crippen LogP contribution in [0.2, 0.25) is 5.02 Å². The number of methoxy groups -OCH3 is 1. The lowest BCUT2D eigenvalue weighted by atomic mass is 10.1. The highest BCUT2D eigenvalue weighted by molar-refractivity contribution is 7.09. The van der Waals surface area contributed by atoms with Gasteiger partial charge in [0.2, 0.25) is 0 Å². The fourth-order valence-corrected chi connectivity index (χ4v) is 2.82. The second kappa shape index (κ2) is 7.27. The zero-order chi connectivity index (χ0) is 17.9. The van der Waals surface area contributed by atoms with Gasteiger partial charge in [0.05, 0.1) is 28.4 Å². The number of nitrogen functional groups attached to an aromatic ring is 1. The molecule has 1 amide bonds. The number of nitrogens with one attached hydrogen (secondary N) is 1. The Hall–Kier alpha value is -2.00. The number of rotatable bonds is 5. The zero-order valence-corrected chi connectivity index (χ0v) is 14.0. The van der Waals surface area contributed by atoms with Crippen LogP contribution in [0, 0.1) is 0 Å². The molecule has 0 bridgehead atoms. The van der Waals surface area contributed by atoms with Gasteiger partial charge in [-0.05, 0) is 6.07 Å². The van der Waals surface area contributed by atoms with Crippen molar-refractivity contribution in [1.82, 2.24) is 10.3 Å². The Labute approximate surface area is 144 Å². The number of carbonyl (C=O) groups is 1. The Bertz CT molecular complexity index is 749. The van der Waals surface area contributed by atoms with Gasteiger partial charge in [-0.2, -0.15) is 13.2 Å². The van der Waals surface area contributed by atoms with E-state index in [1.807, 2.05) is 0 Å². The van der Waals surface area contributed by atoms with Gasteiger partial charge in [0, 0.05) is 24.4 Å². The number of amides is 1. The Balaban J connectivity index is 1.99. The first-order valence-corrected chi connectivity index (χ1v) is 7.91. The predicted molar refractivity (Wildman–Crippen MR) is 85.6 cm³/mol. The molecule has 0 saturated carbocycles. The smallest absolute Gasteiger partial charge is 0.434 e. The van der Waals surface area contributed by atoms with E-state index in [4.69, 9.17) is 22.1 Å². The number of aromatic nitrogens is 1. The maximum atomic E-state index is 12.5. The molecule has 24 heavy (non-hydrogen) atoms. The van der Waals surface area contributed by atoms with Crippen LogP contribution in [0.3, 0.4) is 0 Å². The van der Waals surface area contributed by atoms with E-state index < -0.39 is 17.8 Å². The second-order valence-electron chi connectivity index (χ2n) is 4.70. The standard InChI is InChI=1S/C14H13ClF3N3O2S/c1-23-10-5-9(19)8(15)4-7(10)13(22)20-3-2-12-21-11(6-24-12)14(16,17)18/h4-6H,2-3,19H2,1H3,(H,20,22). The molecule has 1 aromatic carbocycles. The van der Waals surface area contributed by atoms with E-state index in [0.717, 1.165) is 16.7 Å². The van der Waals surface area contributed by atoms with E-state index in [1.54, 1.807) is 0 Å². The van der Waals surface area contributed by atoms with E-state index in [-0.39, 0.29) is 40.0 Å². The number of hydrogen-bond donors (Lipinski definition) is 2. The Morgan fingerprint density at radius 2 is 2.17 bits per heavy atom. The summed E-state index contributed by atoms with van der Waals surface area (Å²) < 4.78 is 42.5. The molecule has 1 aromatic heterocycles. The van der Waals surface area contributed by atoms with Crippen LogP contribution in [0.25, 0.3) is 0 Å². The van der Waals surface area contributed by atoms with Crippen molar-refractivity contribution in [3.8, 4) is 5.75 Å². The fourth-order valence-electron chi connectivity index (χ4n) is 1.85. The molecule has 10 heteroatoms. The van der Waals surface area contributed by atoms with Crippen molar-refractivity contribution in [2.45, 2.75) is 12.6 Å². The predicted octanol–water partition coefficient (Wildman–Crippen LogP) is 3.38. The SMILES string of the molecule is COc1cc(N)c(Cl)cc1C(=O)NCCc1nc(C(F)(F)F)cs1. The number of benzene rings is 1. The molecule has 0 unspecified atom stereocenters. The molecule has 2 rings (SSSR count). The van der Waals surface area contributed by atoms with Gasteiger partial charge in [0.1, 0.15) is 5.75 Å². The highest BCUT2D eigenvalue weighted by Gasteiger charge is 2.33. The lowest BCUT2D eigenvalue weighted by Gasteiger charge is -2.11.